The number of benzene rings is 2. The molecule has 41 heavy (non-hydrogen) atoms. The Morgan fingerprint density at radius 2 is 1.78 bits per heavy atom. The van der Waals surface area contributed by atoms with Gasteiger partial charge in [0.15, 0.2) is 0 Å². The Morgan fingerprint density at radius 1 is 1.12 bits per heavy atom. The summed E-state index contributed by atoms with van der Waals surface area (Å²) in [5.41, 5.74) is -3.54. The molecule has 0 radical (unpaired) electrons. The molecule has 0 aliphatic carbocycles. The van der Waals surface area contributed by atoms with Crippen LogP contribution in [0.1, 0.15) is 55.8 Å². The molecule has 0 unspecified atom stereocenters. The highest BCUT2D eigenvalue weighted by molar-refractivity contribution is 7.52. The zero-order chi connectivity index (χ0) is 30.0. The lowest BCUT2D eigenvalue weighted by atomic mass is 9.85. The Labute approximate surface area is 241 Å². The summed E-state index contributed by atoms with van der Waals surface area (Å²) < 4.78 is 38.9. The number of halogens is 2. The molecule has 8 nitrogen and oxygen atoms in total. The molecule has 1 saturated heterocycles. The van der Waals surface area contributed by atoms with Gasteiger partial charge in [0, 0.05) is 29.1 Å². The lowest BCUT2D eigenvalue weighted by Crippen LogP contribution is -2.54. The fraction of sp³-hybridized carbons (Fsp3) is 0.345. The van der Waals surface area contributed by atoms with Crippen LogP contribution in [0.15, 0.2) is 66.1 Å². The summed E-state index contributed by atoms with van der Waals surface area (Å²) in [6, 6.07) is 13.0. The van der Waals surface area contributed by atoms with Crippen LogP contribution in [0.2, 0.25) is 0 Å². The summed E-state index contributed by atoms with van der Waals surface area (Å²) in [5.74, 6) is -0.749. The van der Waals surface area contributed by atoms with Crippen LogP contribution >= 0.6 is 18.9 Å². The summed E-state index contributed by atoms with van der Waals surface area (Å²) in [6.07, 6.45) is 4.16. The highest BCUT2D eigenvalue weighted by Crippen LogP contribution is 2.59. The zero-order valence-corrected chi connectivity index (χ0v) is 24.5. The van der Waals surface area contributed by atoms with Crippen LogP contribution in [0.3, 0.4) is 0 Å². The number of nitrogens with zero attached hydrogens (tertiary/aromatic N) is 2. The molecule has 1 aliphatic heterocycles. The van der Waals surface area contributed by atoms with Crippen LogP contribution in [0.25, 0.3) is 17.3 Å². The first-order chi connectivity index (χ1) is 19.2. The molecule has 1 aliphatic rings. The standard InChI is InChI=1S/C29H32F2N3O5PS/c1-28(2,3)25(33-24(35)16-13-19-11-14-21(15-12-19)29(30,31)40(37,38)39)27(36)34-17-7-10-23(34)26-32-22(18-41-26)20-8-5-4-6-9-20/h4-6,8-9,11-16,18,23,25H,7,10,17H2,1-3H3,(H,33,35)(H2,37,38,39)/b16-13+/t23-,25+/m0/s1. The number of likely N-dealkylation sites (tertiary alicyclic amines) is 1. The second-order valence-corrected chi connectivity index (χ2v) is 13.5. The number of hydrogen-bond donors (Lipinski definition) is 3. The van der Waals surface area contributed by atoms with Crippen molar-refractivity contribution in [3.05, 3.63) is 82.2 Å². The van der Waals surface area contributed by atoms with Crippen LogP contribution in [0, 0.1) is 5.41 Å². The Balaban J connectivity index is 1.46. The molecular formula is C29H32F2N3O5PS. The Bertz CT molecular complexity index is 1470. The quantitative estimate of drug-likeness (QED) is 0.216. The van der Waals surface area contributed by atoms with Gasteiger partial charge in [-0.25, -0.2) is 4.98 Å². The van der Waals surface area contributed by atoms with Gasteiger partial charge < -0.3 is 20.0 Å². The molecule has 12 heteroatoms. The van der Waals surface area contributed by atoms with E-state index >= 15 is 0 Å². The van der Waals surface area contributed by atoms with Crippen molar-refractivity contribution in [1.82, 2.24) is 15.2 Å². The topological polar surface area (TPSA) is 120 Å². The smallest absolute Gasteiger partial charge is 0.340 e. The van der Waals surface area contributed by atoms with E-state index in [0.717, 1.165) is 41.2 Å². The van der Waals surface area contributed by atoms with Gasteiger partial charge in [0.2, 0.25) is 11.8 Å². The van der Waals surface area contributed by atoms with E-state index in [-0.39, 0.29) is 11.9 Å². The van der Waals surface area contributed by atoms with Crippen LogP contribution in [0.5, 0.6) is 0 Å². The largest absolute Gasteiger partial charge is 0.399 e. The van der Waals surface area contributed by atoms with E-state index in [1.54, 1.807) is 4.90 Å². The number of aromatic nitrogens is 1. The van der Waals surface area contributed by atoms with E-state index in [4.69, 9.17) is 14.8 Å². The number of carbonyl (C=O) groups is 2. The number of thiazole rings is 1. The number of nitrogens with one attached hydrogen (secondary N) is 1. The van der Waals surface area contributed by atoms with E-state index in [9.17, 15) is 22.9 Å². The maximum Gasteiger partial charge on any atom is 0.399 e. The molecule has 3 N–H and O–H groups in total. The van der Waals surface area contributed by atoms with Crippen molar-refractivity contribution in [2.24, 2.45) is 5.41 Å². The van der Waals surface area contributed by atoms with Gasteiger partial charge in [-0.3, -0.25) is 14.2 Å². The lowest BCUT2D eigenvalue weighted by molar-refractivity contribution is -0.139. The van der Waals surface area contributed by atoms with Gasteiger partial charge in [0.25, 0.3) is 0 Å². The molecular weight excluding hydrogens is 571 g/mol. The number of hydrogen-bond acceptors (Lipinski definition) is 5. The minimum atomic E-state index is -5.68. The minimum Gasteiger partial charge on any atom is -0.340 e. The summed E-state index contributed by atoms with van der Waals surface area (Å²) in [7, 11) is -5.68. The van der Waals surface area contributed by atoms with Crippen LogP contribution in [-0.2, 0) is 19.8 Å². The maximum atomic E-state index is 13.9. The van der Waals surface area contributed by atoms with Gasteiger partial charge in [-0.2, -0.15) is 8.78 Å². The molecule has 2 heterocycles. The van der Waals surface area contributed by atoms with Crippen molar-refractivity contribution in [3.8, 4) is 11.3 Å². The first-order valence-electron chi connectivity index (χ1n) is 13.0. The Morgan fingerprint density at radius 3 is 2.39 bits per heavy atom. The van der Waals surface area contributed by atoms with Crippen molar-refractivity contribution in [2.45, 2.75) is 51.4 Å². The summed E-state index contributed by atoms with van der Waals surface area (Å²) in [4.78, 5) is 51.1. The molecule has 0 saturated carbocycles. The SMILES string of the molecule is CC(C)(C)[C@H](NC(=O)/C=C/c1ccc(C(F)(F)P(=O)(O)O)cc1)C(=O)N1CCC[C@H]1c1nc(-c2ccccc2)cs1. The highest BCUT2D eigenvalue weighted by atomic mass is 32.1. The Kier molecular flexibility index (Phi) is 8.94. The van der Waals surface area contributed by atoms with Gasteiger partial charge in [-0.05, 0) is 29.9 Å². The molecule has 2 aromatic carbocycles. The van der Waals surface area contributed by atoms with Gasteiger partial charge in [-0.1, -0.05) is 75.4 Å². The fourth-order valence-corrected chi connectivity index (χ4v) is 6.07. The van der Waals surface area contributed by atoms with Crippen LogP contribution in [-0.4, -0.2) is 44.1 Å². The summed E-state index contributed by atoms with van der Waals surface area (Å²) >= 11 is 1.51. The molecule has 3 aromatic rings. The van der Waals surface area contributed by atoms with E-state index in [1.165, 1.54) is 35.6 Å². The zero-order valence-electron chi connectivity index (χ0n) is 22.8. The molecule has 4 rings (SSSR count). The van der Waals surface area contributed by atoms with Gasteiger partial charge in [0.05, 0.1) is 11.7 Å². The third-order valence-electron chi connectivity index (χ3n) is 6.86. The van der Waals surface area contributed by atoms with E-state index in [2.05, 4.69) is 5.32 Å². The predicted octanol–water partition coefficient (Wildman–Crippen LogP) is 5.94. The average molecular weight is 604 g/mol. The first kappa shape index (κ1) is 30.7. The van der Waals surface area contributed by atoms with Crippen LogP contribution < -0.4 is 5.32 Å². The van der Waals surface area contributed by atoms with Crippen molar-refractivity contribution in [2.75, 3.05) is 6.54 Å². The van der Waals surface area contributed by atoms with Crippen molar-refractivity contribution < 1.29 is 32.7 Å². The van der Waals surface area contributed by atoms with Crippen LogP contribution in [0.4, 0.5) is 8.78 Å². The number of rotatable bonds is 8. The van der Waals surface area contributed by atoms with E-state index < -0.39 is 36.2 Å². The molecule has 0 spiro atoms. The first-order valence-corrected chi connectivity index (χ1v) is 15.5. The van der Waals surface area contributed by atoms with Crippen molar-refractivity contribution in [1.29, 1.82) is 0 Å². The normalized spacial score (nSPS) is 17.1. The van der Waals surface area contributed by atoms with E-state index in [0.29, 0.717) is 12.1 Å². The molecule has 2 atom stereocenters. The number of alkyl halides is 2. The van der Waals surface area contributed by atoms with E-state index in [1.807, 2.05) is 56.5 Å². The monoisotopic (exact) mass is 603 g/mol. The number of amides is 2. The van der Waals surface area contributed by atoms with Gasteiger partial charge in [-0.15, -0.1) is 11.3 Å². The lowest BCUT2D eigenvalue weighted by Gasteiger charge is -2.35. The van der Waals surface area contributed by atoms with Crippen molar-refractivity contribution >= 4 is 36.8 Å². The second kappa shape index (κ2) is 11.9. The van der Waals surface area contributed by atoms with Gasteiger partial charge in [0.1, 0.15) is 11.0 Å². The summed E-state index contributed by atoms with van der Waals surface area (Å²) in [6.45, 7) is 6.14. The molecule has 1 fully saturated rings. The highest BCUT2D eigenvalue weighted by Gasteiger charge is 2.50. The summed E-state index contributed by atoms with van der Waals surface area (Å²) in [5, 5.41) is 5.64. The number of carbonyl (C=O) groups excluding carboxylic acids is 2. The average Bonchev–Trinajstić information content (AvgIpc) is 3.60. The third kappa shape index (κ3) is 6.98. The Hall–Kier alpha value is -3.24. The minimum absolute atomic E-state index is 0.188. The van der Waals surface area contributed by atoms with Gasteiger partial charge >= 0.3 is 13.3 Å². The molecule has 2 amide bonds. The third-order valence-corrected chi connectivity index (χ3v) is 8.80. The van der Waals surface area contributed by atoms with Crippen molar-refractivity contribution in [3.63, 3.8) is 0 Å². The second-order valence-electron chi connectivity index (χ2n) is 11.0. The molecule has 0 bridgehead atoms. The molecule has 218 valence electrons. The maximum absolute atomic E-state index is 13.9. The predicted molar refractivity (Wildman–Crippen MR) is 154 cm³/mol. The molecule has 1 aromatic heterocycles. The fourth-order valence-electron chi connectivity index (χ4n) is 4.61.